The molecule has 1 atom stereocenters. The number of para-hydroxylation sites is 1. The summed E-state index contributed by atoms with van der Waals surface area (Å²) in [5.41, 5.74) is 3.62. The summed E-state index contributed by atoms with van der Waals surface area (Å²) < 4.78 is 4.82. The fourth-order valence-corrected chi connectivity index (χ4v) is 2.67. The second kappa shape index (κ2) is 4.46. The van der Waals surface area contributed by atoms with Crippen molar-refractivity contribution in [3.05, 3.63) is 35.5 Å². The van der Waals surface area contributed by atoms with Crippen LogP contribution in [0, 0.1) is 0 Å². The lowest BCUT2D eigenvalue weighted by Gasteiger charge is -2.12. The summed E-state index contributed by atoms with van der Waals surface area (Å²) in [5, 5.41) is 4.50. The van der Waals surface area contributed by atoms with Crippen LogP contribution in [0.15, 0.2) is 24.3 Å². The third-order valence-corrected chi connectivity index (χ3v) is 3.56. The van der Waals surface area contributed by atoms with Gasteiger partial charge in [0, 0.05) is 29.6 Å². The number of carbonyl (C=O) groups excluding carboxylic acids is 1. The third kappa shape index (κ3) is 1.78. The molecule has 0 saturated carbocycles. The molecule has 2 N–H and O–H groups in total. The number of aromatic nitrogens is 1. The molecule has 1 aromatic carbocycles. The van der Waals surface area contributed by atoms with Gasteiger partial charge in [0.15, 0.2) is 0 Å². The highest BCUT2D eigenvalue weighted by Crippen LogP contribution is 2.25. The van der Waals surface area contributed by atoms with Crippen LogP contribution >= 0.6 is 0 Å². The van der Waals surface area contributed by atoms with Crippen molar-refractivity contribution >= 4 is 16.9 Å². The van der Waals surface area contributed by atoms with E-state index in [2.05, 4.69) is 22.4 Å². The van der Waals surface area contributed by atoms with Crippen molar-refractivity contribution in [3.8, 4) is 0 Å². The lowest BCUT2D eigenvalue weighted by molar-refractivity contribution is -0.143. The summed E-state index contributed by atoms with van der Waals surface area (Å²) in [6, 6.07) is 8.03. The fraction of sp³-hybridized carbons (Fsp3) is 0.357. The molecular weight excluding hydrogens is 228 g/mol. The van der Waals surface area contributed by atoms with Gasteiger partial charge in [0.25, 0.3) is 0 Å². The number of nitrogens with one attached hydrogen (secondary N) is 2. The SMILES string of the molecule is COC(=O)C1Cc2[nH]c3ccccc3c2CCN1. The van der Waals surface area contributed by atoms with Crippen molar-refractivity contribution in [1.29, 1.82) is 0 Å². The number of hydrogen-bond acceptors (Lipinski definition) is 3. The van der Waals surface area contributed by atoms with Crippen LogP contribution < -0.4 is 5.32 Å². The highest BCUT2D eigenvalue weighted by molar-refractivity contribution is 5.85. The van der Waals surface area contributed by atoms with Crippen molar-refractivity contribution in [2.45, 2.75) is 18.9 Å². The number of esters is 1. The van der Waals surface area contributed by atoms with E-state index in [4.69, 9.17) is 4.74 Å². The zero-order valence-corrected chi connectivity index (χ0v) is 10.3. The molecule has 4 nitrogen and oxygen atoms in total. The van der Waals surface area contributed by atoms with Crippen LogP contribution in [0.2, 0.25) is 0 Å². The standard InChI is InChI=1S/C14H16N2O2/c1-18-14(17)13-8-12-10(6-7-15-13)9-4-2-3-5-11(9)16-12/h2-5,13,15-16H,6-8H2,1H3. The van der Waals surface area contributed by atoms with E-state index < -0.39 is 0 Å². The zero-order chi connectivity index (χ0) is 12.5. The van der Waals surface area contributed by atoms with E-state index in [-0.39, 0.29) is 12.0 Å². The quantitative estimate of drug-likeness (QED) is 0.745. The summed E-state index contributed by atoms with van der Waals surface area (Å²) in [4.78, 5) is 15.1. The summed E-state index contributed by atoms with van der Waals surface area (Å²) in [7, 11) is 1.43. The first-order valence-electron chi connectivity index (χ1n) is 6.19. The van der Waals surface area contributed by atoms with Gasteiger partial charge in [0.05, 0.1) is 7.11 Å². The molecule has 1 aliphatic rings. The molecule has 0 aliphatic carbocycles. The minimum atomic E-state index is -0.246. The first kappa shape index (κ1) is 11.3. The van der Waals surface area contributed by atoms with Gasteiger partial charge in [-0.25, -0.2) is 0 Å². The lowest BCUT2D eigenvalue weighted by Crippen LogP contribution is -2.39. The first-order chi connectivity index (χ1) is 8.79. The largest absolute Gasteiger partial charge is 0.468 e. The van der Waals surface area contributed by atoms with Crippen LogP contribution in [-0.4, -0.2) is 30.6 Å². The topological polar surface area (TPSA) is 54.1 Å². The van der Waals surface area contributed by atoms with Crippen LogP contribution in [0.3, 0.4) is 0 Å². The van der Waals surface area contributed by atoms with Crippen LogP contribution in [0.25, 0.3) is 10.9 Å². The zero-order valence-electron chi connectivity index (χ0n) is 10.3. The smallest absolute Gasteiger partial charge is 0.323 e. The molecule has 94 valence electrons. The van der Waals surface area contributed by atoms with E-state index in [1.807, 2.05) is 12.1 Å². The van der Waals surface area contributed by atoms with Crippen molar-refractivity contribution < 1.29 is 9.53 Å². The molecule has 4 heteroatoms. The Labute approximate surface area is 105 Å². The summed E-state index contributed by atoms with van der Waals surface area (Å²) in [5.74, 6) is -0.193. The molecule has 0 fully saturated rings. The Morgan fingerprint density at radius 2 is 2.22 bits per heavy atom. The van der Waals surface area contributed by atoms with Gasteiger partial charge in [-0.05, 0) is 18.1 Å². The van der Waals surface area contributed by atoms with Gasteiger partial charge in [-0.3, -0.25) is 4.79 Å². The Morgan fingerprint density at radius 1 is 1.39 bits per heavy atom. The van der Waals surface area contributed by atoms with E-state index in [0.717, 1.165) is 24.2 Å². The second-order valence-electron chi connectivity index (χ2n) is 4.61. The number of ether oxygens (including phenoxy) is 1. The molecule has 2 heterocycles. The predicted molar refractivity (Wildman–Crippen MR) is 69.5 cm³/mol. The molecule has 18 heavy (non-hydrogen) atoms. The predicted octanol–water partition coefficient (Wildman–Crippen LogP) is 1.40. The van der Waals surface area contributed by atoms with E-state index in [9.17, 15) is 4.79 Å². The van der Waals surface area contributed by atoms with Crippen LogP contribution in [-0.2, 0) is 22.4 Å². The molecule has 0 saturated heterocycles. The number of benzene rings is 1. The second-order valence-corrected chi connectivity index (χ2v) is 4.61. The Morgan fingerprint density at radius 3 is 3.06 bits per heavy atom. The molecule has 0 bridgehead atoms. The monoisotopic (exact) mass is 244 g/mol. The molecule has 1 aromatic heterocycles. The molecule has 0 amide bonds. The molecule has 2 aromatic rings. The van der Waals surface area contributed by atoms with E-state index in [0.29, 0.717) is 6.42 Å². The fourth-order valence-electron chi connectivity index (χ4n) is 2.67. The molecule has 1 aliphatic heterocycles. The molecular formula is C14H16N2O2. The third-order valence-electron chi connectivity index (χ3n) is 3.56. The van der Waals surface area contributed by atoms with Gasteiger partial charge < -0.3 is 15.0 Å². The van der Waals surface area contributed by atoms with Gasteiger partial charge in [0.2, 0.25) is 0 Å². The number of rotatable bonds is 1. The van der Waals surface area contributed by atoms with E-state index in [1.54, 1.807) is 0 Å². The normalized spacial score (nSPS) is 19.3. The molecule has 0 spiro atoms. The van der Waals surface area contributed by atoms with Gasteiger partial charge in [-0.2, -0.15) is 0 Å². The van der Waals surface area contributed by atoms with Crippen LogP contribution in [0.4, 0.5) is 0 Å². The van der Waals surface area contributed by atoms with Gasteiger partial charge in [-0.15, -0.1) is 0 Å². The van der Waals surface area contributed by atoms with Gasteiger partial charge >= 0.3 is 5.97 Å². The average molecular weight is 244 g/mol. The highest BCUT2D eigenvalue weighted by Gasteiger charge is 2.25. The van der Waals surface area contributed by atoms with Gasteiger partial charge in [-0.1, -0.05) is 18.2 Å². The number of H-pyrrole nitrogens is 1. The maximum atomic E-state index is 11.6. The highest BCUT2D eigenvalue weighted by atomic mass is 16.5. The van der Waals surface area contributed by atoms with Crippen molar-refractivity contribution in [2.75, 3.05) is 13.7 Å². The van der Waals surface area contributed by atoms with Crippen LogP contribution in [0.1, 0.15) is 11.3 Å². The molecule has 3 rings (SSSR count). The minimum Gasteiger partial charge on any atom is -0.468 e. The number of hydrogen-bond donors (Lipinski definition) is 2. The molecule has 0 radical (unpaired) electrons. The first-order valence-corrected chi connectivity index (χ1v) is 6.19. The van der Waals surface area contributed by atoms with Gasteiger partial charge in [0.1, 0.15) is 6.04 Å². The minimum absolute atomic E-state index is 0.193. The Kier molecular flexibility index (Phi) is 2.80. The Hall–Kier alpha value is -1.81. The number of fused-ring (bicyclic) bond motifs is 3. The van der Waals surface area contributed by atoms with Crippen molar-refractivity contribution in [3.63, 3.8) is 0 Å². The summed E-state index contributed by atoms with van der Waals surface area (Å²) >= 11 is 0. The van der Waals surface area contributed by atoms with E-state index in [1.165, 1.54) is 18.1 Å². The van der Waals surface area contributed by atoms with Crippen molar-refractivity contribution in [1.82, 2.24) is 10.3 Å². The number of methoxy groups -OCH3 is 1. The Balaban J connectivity index is 2.02. The van der Waals surface area contributed by atoms with Crippen molar-refractivity contribution in [2.24, 2.45) is 0 Å². The number of aromatic amines is 1. The summed E-state index contributed by atoms with van der Waals surface area (Å²) in [6.45, 7) is 0.800. The molecule has 1 unspecified atom stereocenters. The maximum absolute atomic E-state index is 11.6. The maximum Gasteiger partial charge on any atom is 0.323 e. The van der Waals surface area contributed by atoms with E-state index >= 15 is 0 Å². The van der Waals surface area contributed by atoms with Crippen LogP contribution in [0.5, 0.6) is 0 Å². The average Bonchev–Trinajstić information content (AvgIpc) is 2.61. The summed E-state index contributed by atoms with van der Waals surface area (Å²) in [6.07, 6.45) is 1.60. The number of carbonyl (C=O) groups is 1. The Bertz CT molecular complexity index is 588. The lowest BCUT2D eigenvalue weighted by atomic mass is 10.1.